The van der Waals surface area contributed by atoms with E-state index in [0.717, 1.165) is 27.9 Å². The average Bonchev–Trinajstić information content (AvgIpc) is 3.45. The maximum atomic E-state index is 13.3. The number of benzene rings is 2. The fourth-order valence-corrected chi connectivity index (χ4v) is 4.57. The van der Waals surface area contributed by atoms with Gasteiger partial charge in [-0.05, 0) is 29.7 Å². The molecule has 32 heavy (non-hydrogen) atoms. The molecule has 0 fully saturated rings. The number of fused-ring (bicyclic) bond motifs is 3. The number of carbonyl (C=O) groups excluding carboxylic acids is 1. The van der Waals surface area contributed by atoms with Crippen molar-refractivity contribution in [2.45, 2.75) is 13.0 Å². The van der Waals surface area contributed by atoms with Gasteiger partial charge in [-0.25, -0.2) is 9.50 Å². The SMILES string of the molecule is O=C(c1ccc2cc[nH]c2c1)N1CCc2nc3cc(-c4ccccc4Cl)[nH]n3c(=O)c2C1. The molecule has 0 bridgehead atoms. The second kappa shape index (κ2) is 7.10. The third kappa shape index (κ3) is 2.93. The standard InChI is InChI=1S/C24H18ClN5O2/c25-18-4-2-1-3-16(18)21-12-22-27-19-8-10-29(13-17(19)24(32)30(22)28-21)23(31)15-6-5-14-7-9-26-20(14)11-15/h1-7,9,11-12,26,28H,8,10,13H2. The van der Waals surface area contributed by atoms with Crippen molar-refractivity contribution in [3.63, 3.8) is 0 Å². The van der Waals surface area contributed by atoms with Gasteiger partial charge < -0.3 is 9.88 Å². The van der Waals surface area contributed by atoms with Crippen molar-refractivity contribution in [1.82, 2.24) is 24.5 Å². The molecule has 0 saturated heterocycles. The largest absolute Gasteiger partial charge is 0.361 e. The molecule has 1 aliphatic rings. The zero-order chi connectivity index (χ0) is 21.8. The van der Waals surface area contributed by atoms with E-state index in [1.165, 1.54) is 4.52 Å². The van der Waals surface area contributed by atoms with E-state index >= 15 is 0 Å². The van der Waals surface area contributed by atoms with Crippen LogP contribution in [-0.4, -0.2) is 36.9 Å². The third-order valence-electron chi connectivity index (χ3n) is 6.01. The number of halogens is 1. The van der Waals surface area contributed by atoms with E-state index in [4.69, 9.17) is 16.6 Å². The van der Waals surface area contributed by atoms with Gasteiger partial charge in [0.1, 0.15) is 0 Å². The predicted octanol–water partition coefficient (Wildman–Crippen LogP) is 4.02. The molecule has 0 aliphatic carbocycles. The quantitative estimate of drug-likeness (QED) is 0.432. The number of amides is 1. The lowest BCUT2D eigenvalue weighted by Crippen LogP contribution is -2.40. The average molecular weight is 444 g/mol. The van der Waals surface area contributed by atoms with Gasteiger partial charge in [0.05, 0.1) is 23.5 Å². The normalized spacial score (nSPS) is 13.6. The molecule has 4 heterocycles. The number of aromatic nitrogens is 4. The molecule has 8 heteroatoms. The van der Waals surface area contributed by atoms with Crippen LogP contribution in [0.4, 0.5) is 0 Å². The van der Waals surface area contributed by atoms with Crippen molar-refractivity contribution >= 4 is 34.1 Å². The van der Waals surface area contributed by atoms with Crippen molar-refractivity contribution < 1.29 is 4.79 Å². The Kier molecular flexibility index (Phi) is 4.19. The Morgan fingerprint density at radius 1 is 1.09 bits per heavy atom. The van der Waals surface area contributed by atoms with E-state index in [9.17, 15) is 9.59 Å². The van der Waals surface area contributed by atoms with Crippen molar-refractivity contribution in [1.29, 1.82) is 0 Å². The molecule has 7 nitrogen and oxygen atoms in total. The summed E-state index contributed by atoms with van der Waals surface area (Å²) in [4.78, 5) is 35.9. The predicted molar refractivity (Wildman–Crippen MR) is 123 cm³/mol. The summed E-state index contributed by atoms with van der Waals surface area (Å²) < 4.78 is 1.43. The molecule has 6 rings (SSSR count). The summed E-state index contributed by atoms with van der Waals surface area (Å²) in [6.45, 7) is 0.741. The molecule has 2 aromatic carbocycles. The fourth-order valence-electron chi connectivity index (χ4n) is 4.34. The highest BCUT2D eigenvalue weighted by molar-refractivity contribution is 6.33. The highest BCUT2D eigenvalue weighted by Gasteiger charge is 2.26. The van der Waals surface area contributed by atoms with E-state index in [2.05, 4.69) is 10.1 Å². The van der Waals surface area contributed by atoms with Crippen LogP contribution >= 0.6 is 11.6 Å². The van der Waals surface area contributed by atoms with Crippen LogP contribution in [-0.2, 0) is 13.0 Å². The topological polar surface area (TPSA) is 86.3 Å². The van der Waals surface area contributed by atoms with Crippen LogP contribution in [0.5, 0.6) is 0 Å². The highest BCUT2D eigenvalue weighted by Crippen LogP contribution is 2.27. The van der Waals surface area contributed by atoms with Crippen molar-refractivity contribution in [3.8, 4) is 11.3 Å². The number of nitrogens with zero attached hydrogens (tertiary/aromatic N) is 3. The Bertz CT molecular complexity index is 1580. The molecule has 0 atom stereocenters. The molecule has 3 aromatic heterocycles. The number of nitrogens with one attached hydrogen (secondary N) is 2. The van der Waals surface area contributed by atoms with Crippen molar-refractivity contribution in [2.75, 3.05) is 6.54 Å². The first kappa shape index (κ1) is 18.9. The number of hydrogen-bond donors (Lipinski definition) is 2. The highest BCUT2D eigenvalue weighted by atomic mass is 35.5. The lowest BCUT2D eigenvalue weighted by molar-refractivity contribution is 0.0732. The van der Waals surface area contributed by atoms with Crippen LogP contribution in [0.15, 0.2) is 65.6 Å². The maximum Gasteiger partial charge on any atom is 0.277 e. The number of H-pyrrole nitrogens is 2. The Balaban J connectivity index is 1.37. The number of carbonyl (C=O) groups is 1. The Hall–Kier alpha value is -3.84. The van der Waals surface area contributed by atoms with Crippen LogP contribution in [0, 0.1) is 0 Å². The van der Waals surface area contributed by atoms with Crippen LogP contribution in [0.3, 0.4) is 0 Å². The first-order chi connectivity index (χ1) is 15.6. The summed E-state index contributed by atoms with van der Waals surface area (Å²) in [5.41, 5.74) is 4.65. The van der Waals surface area contributed by atoms with E-state index < -0.39 is 0 Å². The molecule has 0 unspecified atom stereocenters. The maximum absolute atomic E-state index is 13.3. The van der Waals surface area contributed by atoms with Gasteiger partial charge in [0.15, 0.2) is 5.65 Å². The van der Waals surface area contributed by atoms with Gasteiger partial charge in [-0.3, -0.25) is 14.7 Å². The van der Waals surface area contributed by atoms with Gasteiger partial charge >= 0.3 is 0 Å². The fraction of sp³-hybridized carbons (Fsp3) is 0.125. The van der Waals surface area contributed by atoms with Crippen LogP contribution in [0.1, 0.15) is 21.6 Å². The second-order valence-electron chi connectivity index (χ2n) is 7.94. The smallest absolute Gasteiger partial charge is 0.277 e. The summed E-state index contributed by atoms with van der Waals surface area (Å²) in [5.74, 6) is -0.0973. The van der Waals surface area contributed by atoms with E-state index in [0.29, 0.717) is 34.8 Å². The van der Waals surface area contributed by atoms with Gasteiger partial charge in [-0.1, -0.05) is 35.9 Å². The first-order valence-corrected chi connectivity index (χ1v) is 10.7. The van der Waals surface area contributed by atoms with Crippen LogP contribution < -0.4 is 5.56 Å². The lowest BCUT2D eigenvalue weighted by atomic mass is 10.0. The molecular formula is C24H18ClN5O2. The molecule has 0 spiro atoms. The van der Waals surface area contributed by atoms with E-state index in [1.807, 2.05) is 54.7 Å². The van der Waals surface area contributed by atoms with Gasteiger partial charge in [0.25, 0.3) is 11.5 Å². The third-order valence-corrected chi connectivity index (χ3v) is 6.34. The molecule has 158 valence electrons. The van der Waals surface area contributed by atoms with Gasteiger partial charge in [-0.15, -0.1) is 0 Å². The zero-order valence-corrected chi connectivity index (χ0v) is 17.7. The summed E-state index contributed by atoms with van der Waals surface area (Å²) in [5, 5.41) is 4.76. The molecule has 5 aromatic rings. The Morgan fingerprint density at radius 3 is 2.84 bits per heavy atom. The minimum absolute atomic E-state index is 0.0973. The molecule has 0 radical (unpaired) electrons. The lowest BCUT2D eigenvalue weighted by Gasteiger charge is -2.27. The van der Waals surface area contributed by atoms with Crippen LogP contribution in [0.2, 0.25) is 5.02 Å². The van der Waals surface area contributed by atoms with E-state index in [-0.39, 0.29) is 18.0 Å². The summed E-state index contributed by atoms with van der Waals surface area (Å²) in [7, 11) is 0. The summed E-state index contributed by atoms with van der Waals surface area (Å²) >= 11 is 6.32. The Morgan fingerprint density at radius 2 is 1.97 bits per heavy atom. The van der Waals surface area contributed by atoms with Crippen molar-refractivity contribution in [3.05, 3.63) is 93.0 Å². The number of hydrogen-bond acceptors (Lipinski definition) is 3. The van der Waals surface area contributed by atoms with E-state index in [1.54, 1.807) is 11.0 Å². The van der Waals surface area contributed by atoms with Gasteiger partial charge in [0.2, 0.25) is 0 Å². The number of rotatable bonds is 2. The molecule has 2 N–H and O–H groups in total. The molecular weight excluding hydrogens is 426 g/mol. The summed E-state index contributed by atoms with van der Waals surface area (Å²) in [6, 6.07) is 16.8. The minimum Gasteiger partial charge on any atom is -0.361 e. The van der Waals surface area contributed by atoms with Gasteiger partial charge in [-0.2, -0.15) is 0 Å². The molecule has 1 amide bonds. The monoisotopic (exact) mass is 443 g/mol. The first-order valence-electron chi connectivity index (χ1n) is 10.3. The number of aromatic amines is 2. The zero-order valence-electron chi connectivity index (χ0n) is 16.9. The summed E-state index contributed by atoms with van der Waals surface area (Å²) in [6.07, 6.45) is 2.38. The minimum atomic E-state index is -0.194. The van der Waals surface area contributed by atoms with Crippen LogP contribution in [0.25, 0.3) is 27.8 Å². The second-order valence-corrected chi connectivity index (χ2v) is 8.35. The Labute approximate surface area is 187 Å². The molecule has 0 saturated carbocycles. The van der Waals surface area contributed by atoms with Gasteiger partial charge in [0, 0.05) is 46.9 Å². The van der Waals surface area contributed by atoms with Crippen molar-refractivity contribution in [2.24, 2.45) is 0 Å². The molecule has 1 aliphatic heterocycles.